The quantitative estimate of drug-likeness (QED) is 0.681. The van der Waals surface area contributed by atoms with Gasteiger partial charge in [-0.15, -0.1) is 0 Å². The summed E-state index contributed by atoms with van der Waals surface area (Å²) in [5.41, 5.74) is 1.77. The van der Waals surface area contributed by atoms with Crippen molar-refractivity contribution in [3.05, 3.63) is 43.9 Å². The Bertz CT molecular complexity index is 963. The molecule has 5 nitrogen and oxygen atoms in total. The van der Waals surface area contributed by atoms with Crippen LogP contribution in [0.25, 0.3) is 22.6 Å². The van der Waals surface area contributed by atoms with Crippen molar-refractivity contribution >= 4 is 38.7 Å². The van der Waals surface area contributed by atoms with Crippen LogP contribution in [0.3, 0.4) is 0 Å². The lowest BCUT2D eigenvalue weighted by Gasteiger charge is -2.06. The fourth-order valence-electron chi connectivity index (χ4n) is 2.99. The maximum Gasteiger partial charge on any atom is 0.279 e. The maximum absolute atomic E-state index is 12.7. The average Bonchev–Trinajstić information content (AvgIpc) is 2.78. The molecule has 0 radical (unpaired) electrons. The van der Waals surface area contributed by atoms with Gasteiger partial charge in [-0.3, -0.25) is 9.36 Å². The molecular weight excluding hydrogens is 380 g/mol. The zero-order valence-electron chi connectivity index (χ0n) is 12.3. The summed E-state index contributed by atoms with van der Waals surface area (Å²) in [7, 11) is 0. The van der Waals surface area contributed by atoms with Crippen LogP contribution >= 0.6 is 27.5 Å². The summed E-state index contributed by atoms with van der Waals surface area (Å²) in [6, 6.07) is 5.47. The van der Waals surface area contributed by atoms with Gasteiger partial charge >= 0.3 is 0 Å². The first-order valence-electron chi connectivity index (χ1n) is 7.58. The minimum atomic E-state index is -0.0317. The Balaban J connectivity index is 1.91. The lowest BCUT2D eigenvalue weighted by atomic mass is 10.2. The highest BCUT2D eigenvalue weighted by molar-refractivity contribution is 9.10. The number of fused-ring (bicyclic) bond motifs is 2. The highest BCUT2D eigenvalue weighted by Gasteiger charge is 2.18. The van der Waals surface area contributed by atoms with E-state index in [-0.39, 0.29) is 5.56 Å². The van der Waals surface area contributed by atoms with E-state index in [0.717, 1.165) is 48.1 Å². The molecular formula is C16H14BrClN4O. The lowest BCUT2D eigenvalue weighted by Crippen LogP contribution is -2.24. The Morgan fingerprint density at radius 1 is 1.22 bits per heavy atom. The van der Waals surface area contributed by atoms with Gasteiger partial charge in [-0.25, -0.2) is 9.97 Å². The minimum Gasteiger partial charge on any atom is -0.332 e. The Morgan fingerprint density at radius 3 is 2.91 bits per heavy atom. The largest absolute Gasteiger partial charge is 0.332 e. The summed E-state index contributed by atoms with van der Waals surface area (Å²) in [5, 5.41) is 0.640. The molecule has 0 bridgehead atoms. The van der Waals surface area contributed by atoms with Crippen LogP contribution in [-0.2, 0) is 13.0 Å². The van der Waals surface area contributed by atoms with E-state index in [1.165, 1.54) is 0 Å². The smallest absolute Gasteiger partial charge is 0.279 e. The van der Waals surface area contributed by atoms with Crippen molar-refractivity contribution < 1.29 is 0 Å². The van der Waals surface area contributed by atoms with Crippen molar-refractivity contribution in [1.29, 1.82) is 0 Å². The number of hydrogen-bond donors (Lipinski definition) is 1. The van der Waals surface area contributed by atoms with Crippen LogP contribution in [-0.4, -0.2) is 19.5 Å². The zero-order valence-corrected chi connectivity index (χ0v) is 14.6. The lowest BCUT2D eigenvalue weighted by molar-refractivity contribution is 0.613. The summed E-state index contributed by atoms with van der Waals surface area (Å²) >= 11 is 9.47. The second kappa shape index (κ2) is 5.76. The van der Waals surface area contributed by atoms with Gasteiger partial charge in [-0.2, -0.15) is 0 Å². The van der Waals surface area contributed by atoms with Crippen LogP contribution < -0.4 is 5.56 Å². The van der Waals surface area contributed by atoms with E-state index in [1.807, 2.05) is 6.07 Å². The number of aromatic amines is 1. The van der Waals surface area contributed by atoms with Gasteiger partial charge in [0.15, 0.2) is 11.2 Å². The van der Waals surface area contributed by atoms with Gasteiger partial charge in [0.1, 0.15) is 11.6 Å². The first-order valence-corrected chi connectivity index (χ1v) is 8.75. The molecule has 1 aliphatic heterocycles. The number of rotatable bonds is 1. The number of hydrogen-bond acceptors (Lipinski definition) is 3. The van der Waals surface area contributed by atoms with Gasteiger partial charge in [0.05, 0.1) is 0 Å². The summed E-state index contributed by atoms with van der Waals surface area (Å²) in [6.45, 7) is 0.732. The van der Waals surface area contributed by atoms with Crippen LogP contribution in [0, 0.1) is 0 Å². The minimum absolute atomic E-state index is 0.0317. The highest BCUT2D eigenvalue weighted by Crippen LogP contribution is 2.29. The second-order valence-electron chi connectivity index (χ2n) is 5.70. The molecule has 3 heterocycles. The molecule has 7 heteroatoms. The summed E-state index contributed by atoms with van der Waals surface area (Å²) in [5.74, 6) is 1.46. The van der Waals surface area contributed by atoms with Crippen molar-refractivity contribution in [3.63, 3.8) is 0 Å². The first kappa shape index (κ1) is 14.9. The Labute approximate surface area is 145 Å². The number of nitrogens with zero attached hydrogens (tertiary/aromatic N) is 3. The van der Waals surface area contributed by atoms with Gasteiger partial charge in [-0.1, -0.05) is 18.0 Å². The number of halogens is 2. The molecule has 23 heavy (non-hydrogen) atoms. The maximum atomic E-state index is 12.7. The van der Waals surface area contributed by atoms with E-state index in [0.29, 0.717) is 22.0 Å². The third-order valence-corrected chi connectivity index (χ3v) is 5.05. The average molecular weight is 394 g/mol. The number of benzene rings is 1. The molecule has 0 amide bonds. The molecule has 3 aromatic rings. The topological polar surface area (TPSA) is 63.6 Å². The van der Waals surface area contributed by atoms with Crippen molar-refractivity contribution in [2.75, 3.05) is 0 Å². The molecule has 118 valence electrons. The Hall–Kier alpha value is -1.66. The number of aryl methyl sites for hydroxylation is 1. The summed E-state index contributed by atoms with van der Waals surface area (Å²) in [6.07, 6.45) is 4.05. The molecule has 4 rings (SSSR count). The molecule has 0 saturated carbocycles. The molecule has 0 saturated heterocycles. The van der Waals surface area contributed by atoms with Gasteiger partial charge in [0.25, 0.3) is 5.56 Å². The Kier molecular flexibility index (Phi) is 3.73. The summed E-state index contributed by atoms with van der Waals surface area (Å²) in [4.78, 5) is 25.0. The van der Waals surface area contributed by atoms with E-state index >= 15 is 0 Å². The van der Waals surface area contributed by atoms with Crippen molar-refractivity contribution in [3.8, 4) is 11.4 Å². The van der Waals surface area contributed by atoms with E-state index in [2.05, 4.69) is 30.9 Å². The third kappa shape index (κ3) is 2.60. The Morgan fingerprint density at radius 2 is 2.09 bits per heavy atom. The van der Waals surface area contributed by atoms with Gasteiger partial charge in [0, 0.05) is 28.0 Å². The van der Waals surface area contributed by atoms with Gasteiger partial charge in [-0.05, 0) is 47.0 Å². The molecule has 0 unspecified atom stereocenters. The number of imidazole rings is 1. The predicted molar refractivity (Wildman–Crippen MR) is 93.8 cm³/mol. The first-order chi connectivity index (χ1) is 11.1. The SMILES string of the molecule is O=c1c2[nH]c(-c3ccc(Cl)cc3Br)nc2nc2n1CCCCC2. The van der Waals surface area contributed by atoms with E-state index in [9.17, 15) is 4.79 Å². The van der Waals surface area contributed by atoms with Crippen LogP contribution in [0.1, 0.15) is 25.1 Å². The van der Waals surface area contributed by atoms with Gasteiger partial charge in [0.2, 0.25) is 0 Å². The normalized spacial score (nSPS) is 14.7. The van der Waals surface area contributed by atoms with E-state index in [4.69, 9.17) is 11.6 Å². The molecule has 1 N–H and O–H groups in total. The highest BCUT2D eigenvalue weighted by atomic mass is 79.9. The molecule has 1 aromatic carbocycles. The molecule has 2 aromatic heterocycles. The van der Waals surface area contributed by atoms with E-state index < -0.39 is 0 Å². The predicted octanol–water partition coefficient (Wildman–Crippen LogP) is 3.93. The monoisotopic (exact) mass is 392 g/mol. The number of H-pyrrole nitrogens is 1. The second-order valence-corrected chi connectivity index (χ2v) is 6.99. The van der Waals surface area contributed by atoms with Crippen LogP contribution in [0.5, 0.6) is 0 Å². The van der Waals surface area contributed by atoms with Crippen LogP contribution in [0.4, 0.5) is 0 Å². The molecule has 0 spiro atoms. The molecule has 0 fully saturated rings. The third-order valence-electron chi connectivity index (χ3n) is 4.16. The summed E-state index contributed by atoms with van der Waals surface area (Å²) < 4.78 is 2.61. The number of nitrogens with one attached hydrogen (secondary N) is 1. The van der Waals surface area contributed by atoms with Gasteiger partial charge < -0.3 is 4.98 Å². The molecule has 1 aliphatic rings. The zero-order chi connectivity index (χ0) is 16.0. The molecule has 0 atom stereocenters. The van der Waals surface area contributed by atoms with Crippen molar-refractivity contribution in [1.82, 2.24) is 19.5 Å². The standard InChI is InChI=1S/C16H14BrClN4O/c17-11-8-9(18)5-6-10(11)14-20-13-15(21-14)19-12-4-2-1-3-7-22(12)16(13)23/h5-6,8H,1-4,7H2,(H,20,21). The van der Waals surface area contributed by atoms with E-state index in [1.54, 1.807) is 16.7 Å². The van der Waals surface area contributed by atoms with Crippen molar-refractivity contribution in [2.45, 2.75) is 32.2 Å². The number of aromatic nitrogens is 4. The fraction of sp³-hybridized carbons (Fsp3) is 0.312. The van der Waals surface area contributed by atoms with Crippen LogP contribution in [0.15, 0.2) is 27.5 Å². The molecule has 0 aliphatic carbocycles. The fourth-order valence-corrected chi connectivity index (χ4v) is 3.86. The van der Waals surface area contributed by atoms with Crippen molar-refractivity contribution in [2.24, 2.45) is 0 Å². The van der Waals surface area contributed by atoms with Crippen LogP contribution in [0.2, 0.25) is 5.02 Å².